The van der Waals surface area contributed by atoms with Crippen molar-refractivity contribution in [2.24, 2.45) is 0 Å². The Bertz CT molecular complexity index is 412. The van der Waals surface area contributed by atoms with Crippen LogP contribution in [0.2, 0.25) is 0 Å². The first-order valence-corrected chi connectivity index (χ1v) is 5.93. The molecule has 0 fully saturated rings. The van der Waals surface area contributed by atoms with Gasteiger partial charge in [-0.2, -0.15) is 0 Å². The summed E-state index contributed by atoms with van der Waals surface area (Å²) in [6.45, 7) is 3.84. The standard InChI is InChI=1S/C10H12FIN2O2/c1-3-6(2)13-9-4-7(11)8(12)5-10(9)14(15)16/h4-6,13H,3H2,1-2H3. The second-order valence-electron chi connectivity index (χ2n) is 3.49. The summed E-state index contributed by atoms with van der Waals surface area (Å²) in [6, 6.07) is 2.48. The van der Waals surface area contributed by atoms with Crippen molar-refractivity contribution in [3.63, 3.8) is 0 Å². The van der Waals surface area contributed by atoms with Crippen molar-refractivity contribution < 1.29 is 9.31 Å². The molecule has 0 radical (unpaired) electrons. The molecule has 0 aliphatic heterocycles. The Balaban J connectivity index is 3.14. The Labute approximate surface area is 107 Å². The van der Waals surface area contributed by atoms with Crippen molar-refractivity contribution in [3.8, 4) is 0 Å². The molecule has 0 heterocycles. The van der Waals surface area contributed by atoms with Crippen LogP contribution in [-0.4, -0.2) is 11.0 Å². The van der Waals surface area contributed by atoms with Crippen LogP contribution < -0.4 is 5.32 Å². The fourth-order valence-corrected chi connectivity index (χ4v) is 1.62. The van der Waals surface area contributed by atoms with E-state index in [1.165, 1.54) is 12.1 Å². The molecule has 16 heavy (non-hydrogen) atoms. The minimum Gasteiger partial charge on any atom is -0.377 e. The predicted octanol–water partition coefficient (Wildman–Crippen LogP) is 3.55. The molecule has 88 valence electrons. The molecule has 0 spiro atoms. The number of anilines is 1. The average molecular weight is 338 g/mol. The quantitative estimate of drug-likeness (QED) is 0.519. The maximum atomic E-state index is 13.3. The van der Waals surface area contributed by atoms with E-state index in [4.69, 9.17) is 0 Å². The largest absolute Gasteiger partial charge is 0.377 e. The highest BCUT2D eigenvalue weighted by molar-refractivity contribution is 14.1. The number of halogens is 2. The summed E-state index contributed by atoms with van der Waals surface area (Å²) in [5, 5.41) is 13.7. The topological polar surface area (TPSA) is 55.2 Å². The molecule has 0 saturated carbocycles. The second kappa shape index (κ2) is 5.42. The number of hydrogen-bond acceptors (Lipinski definition) is 3. The van der Waals surface area contributed by atoms with Gasteiger partial charge in [-0.05, 0) is 35.9 Å². The van der Waals surface area contributed by atoms with Crippen LogP contribution in [0.1, 0.15) is 20.3 Å². The van der Waals surface area contributed by atoms with Gasteiger partial charge in [0, 0.05) is 18.2 Å². The summed E-state index contributed by atoms with van der Waals surface area (Å²) < 4.78 is 13.6. The van der Waals surface area contributed by atoms with Crippen molar-refractivity contribution in [2.75, 3.05) is 5.32 Å². The molecule has 0 amide bonds. The number of hydrogen-bond donors (Lipinski definition) is 1. The van der Waals surface area contributed by atoms with E-state index < -0.39 is 10.7 Å². The van der Waals surface area contributed by atoms with Crippen LogP contribution in [-0.2, 0) is 0 Å². The van der Waals surface area contributed by atoms with Crippen molar-refractivity contribution in [1.82, 2.24) is 0 Å². The summed E-state index contributed by atoms with van der Waals surface area (Å²) in [6.07, 6.45) is 0.810. The molecule has 0 aromatic heterocycles. The number of nitro groups is 1. The number of nitrogens with one attached hydrogen (secondary N) is 1. The molecule has 0 saturated heterocycles. The van der Waals surface area contributed by atoms with Crippen molar-refractivity contribution in [1.29, 1.82) is 0 Å². The maximum absolute atomic E-state index is 13.3. The molecule has 1 aromatic carbocycles. The van der Waals surface area contributed by atoms with E-state index in [9.17, 15) is 14.5 Å². The van der Waals surface area contributed by atoms with Crippen LogP contribution in [0.15, 0.2) is 12.1 Å². The van der Waals surface area contributed by atoms with E-state index in [0.29, 0.717) is 0 Å². The van der Waals surface area contributed by atoms with Gasteiger partial charge in [0.05, 0.1) is 8.49 Å². The average Bonchev–Trinajstić information content (AvgIpc) is 2.22. The molecule has 4 nitrogen and oxygen atoms in total. The Kier molecular flexibility index (Phi) is 4.45. The van der Waals surface area contributed by atoms with Crippen molar-refractivity contribution in [2.45, 2.75) is 26.3 Å². The lowest BCUT2D eigenvalue weighted by molar-refractivity contribution is -0.384. The van der Waals surface area contributed by atoms with E-state index in [1.54, 1.807) is 22.6 Å². The van der Waals surface area contributed by atoms with Crippen LogP contribution >= 0.6 is 22.6 Å². The minimum absolute atomic E-state index is 0.0677. The third-order valence-electron chi connectivity index (χ3n) is 2.25. The van der Waals surface area contributed by atoms with Gasteiger partial charge >= 0.3 is 0 Å². The van der Waals surface area contributed by atoms with Gasteiger partial charge < -0.3 is 5.32 Å². The summed E-state index contributed by atoms with van der Waals surface area (Å²) >= 11 is 1.74. The molecular formula is C10H12FIN2O2. The van der Waals surface area contributed by atoms with Gasteiger partial charge in [0.15, 0.2) is 0 Å². The second-order valence-corrected chi connectivity index (χ2v) is 4.66. The summed E-state index contributed by atoms with van der Waals surface area (Å²) in [4.78, 5) is 10.3. The van der Waals surface area contributed by atoms with E-state index in [-0.39, 0.29) is 21.0 Å². The van der Waals surface area contributed by atoms with E-state index in [2.05, 4.69) is 5.32 Å². The van der Waals surface area contributed by atoms with Gasteiger partial charge in [-0.3, -0.25) is 10.1 Å². The molecule has 1 aromatic rings. The Morgan fingerprint density at radius 2 is 2.25 bits per heavy atom. The van der Waals surface area contributed by atoms with E-state index in [1.807, 2.05) is 13.8 Å². The van der Waals surface area contributed by atoms with Crippen LogP contribution in [0.5, 0.6) is 0 Å². The Hall–Kier alpha value is -0.920. The maximum Gasteiger partial charge on any atom is 0.293 e. The van der Waals surface area contributed by atoms with Crippen molar-refractivity contribution >= 4 is 34.0 Å². The zero-order valence-electron chi connectivity index (χ0n) is 8.96. The van der Waals surface area contributed by atoms with E-state index in [0.717, 1.165) is 6.42 Å². The van der Waals surface area contributed by atoms with Crippen LogP contribution in [0.25, 0.3) is 0 Å². The monoisotopic (exact) mass is 338 g/mol. The lowest BCUT2D eigenvalue weighted by atomic mass is 10.2. The Morgan fingerprint density at radius 3 is 2.75 bits per heavy atom. The molecule has 1 atom stereocenters. The highest BCUT2D eigenvalue weighted by atomic mass is 127. The Morgan fingerprint density at radius 1 is 1.62 bits per heavy atom. The van der Waals surface area contributed by atoms with Crippen molar-refractivity contribution in [3.05, 3.63) is 31.6 Å². The van der Waals surface area contributed by atoms with Crippen LogP contribution in [0.4, 0.5) is 15.8 Å². The fourth-order valence-electron chi connectivity index (χ4n) is 1.17. The minimum atomic E-state index is -0.508. The SMILES string of the molecule is CCC(C)Nc1cc(F)c(I)cc1[N+](=O)[O-]. The number of nitrogens with zero attached hydrogens (tertiary/aromatic N) is 1. The van der Waals surface area contributed by atoms with Crippen LogP contribution in [0, 0.1) is 19.5 Å². The first-order valence-electron chi connectivity index (χ1n) is 4.85. The molecule has 0 aliphatic carbocycles. The molecule has 0 bridgehead atoms. The molecule has 6 heteroatoms. The highest BCUT2D eigenvalue weighted by Crippen LogP contribution is 2.29. The van der Waals surface area contributed by atoms with Gasteiger partial charge in [-0.15, -0.1) is 0 Å². The molecule has 0 aliphatic rings. The lowest BCUT2D eigenvalue weighted by Crippen LogP contribution is -2.15. The van der Waals surface area contributed by atoms with Gasteiger partial charge in [-0.25, -0.2) is 4.39 Å². The molecule has 1 N–H and O–H groups in total. The molecule has 1 rings (SSSR count). The van der Waals surface area contributed by atoms with Gasteiger partial charge in [-0.1, -0.05) is 6.92 Å². The predicted molar refractivity (Wildman–Crippen MR) is 69.1 cm³/mol. The summed E-state index contributed by atoms with van der Waals surface area (Å²) in [5.41, 5.74) is 0.142. The molecule has 1 unspecified atom stereocenters. The first-order chi connectivity index (χ1) is 7.45. The normalized spacial score (nSPS) is 12.2. The third-order valence-corrected chi connectivity index (χ3v) is 3.08. The summed E-state index contributed by atoms with van der Waals surface area (Å²) in [7, 11) is 0. The van der Waals surface area contributed by atoms with Crippen LogP contribution in [0.3, 0.4) is 0 Å². The lowest BCUT2D eigenvalue weighted by Gasteiger charge is -2.13. The van der Waals surface area contributed by atoms with Gasteiger partial charge in [0.2, 0.25) is 0 Å². The fraction of sp³-hybridized carbons (Fsp3) is 0.400. The zero-order chi connectivity index (χ0) is 12.3. The number of rotatable bonds is 4. The smallest absolute Gasteiger partial charge is 0.293 e. The highest BCUT2D eigenvalue weighted by Gasteiger charge is 2.18. The summed E-state index contributed by atoms with van der Waals surface area (Å²) in [5.74, 6) is -0.447. The first kappa shape index (κ1) is 13.1. The third kappa shape index (κ3) is 3.03. The zero-order valence-corrected chi connectivity index (χ0v) is 11.1. The van der Waals surface area contributed by atoms with Gasteiger partial charge in [0.1, 0.15) is 11.5 Å². The van der Waals surface area contributed by atoms with Gasteiger partial charge in [0.25, 0.3) is 5.69 Å². The van der Waals surface area contributed by atoms with E-state index >= 15 is 0 Å². The number of nitro benzene ring substituents is 1. The molecular weight excluding hydrogens is 326 g/mol. The number of benzene rings is 1.